The summed E-state index contributed by atoms with van der Waals surface area (Å²) < 4.78 is 1.02. The van der Waals surface area contributed by atoms with E-state index in [0.717, 1.165) is 20.8 Å². The molecule has 96 valence electrons. The molecule has 2 heterocycles. The lowest BCUT2D eigenvalue weighted by Gasteiger charge is -2.23. The van der Waals surface area contributed by atoms with Gasteiger partial charge >= 0.3 is 0 Å². The number of carbonyl (C=O) groups excluding carboxylic acids is 1. The molecule has 1 aromatic heterocycles. The van der Waals surface area contributed by atoms with E-state index in [9.17, 15) is 10.1 Å². The van der Waals surface area contributed by atoms with Crippen molar-refractivity contribution >= 4 is 44.9 Å². The number of hydrogen-bond donors (Lipinski definition) is 1. The highest BCUT2D eigenvalue weighted by atomic mass is 79.9. The standard InChI is InChI=1S/C12H13BrN2OS2/c1-8(9-2-3-10(13)18-9)11(16)15-12(6-14)4-5-17-7-12/h2-3,8H,4-5,7H2,1H3,(H,15,16). The third-order valence-corrected chi connectivity index (χ3v) is 6.01. The zero-order chi connectivity index (χ0) is 13.2. The Hall–Kier alpha value is -0.510. The molecule has 1 fully saturated rings. The number of nitriles is 1. The normalized spacial score (nSPS) is 24.5. The predicted molar refractivity (Wildman–Crippen MR) is 78.9 cm³/mol. The van der Waals surface area contributed by atoms with Gasteiger partial charge in [-0.15, -0.1) is 11.3 Å². The molecule has 6 heteroatoms. The number of thiophene rings is 1. The Morgan fingerprint density at radius 2 is 2.44 bits per heavy atom. The summed E-state index contributed by atoms with van der Waals surface area (Å²) in [5.41, 5.74) is -0.662. The van der Waals surface area contributed by atoms with Gasteiger partial charge in [-0.1, -0.05) is 0 Å². The van der Waals surface area contributed by atoms with E-state index in [1.165, 1.54) is 0 Å². The molecule has 0 aliphatic carbocycles. The second-order valence-corrected chi connectivity index (χ2v) is 7.95. The number of nitrogens with one attached hydrogen (secondary N) is 1. The van der Waals surface area contributed by atoms with E-state index in [4.69, 9.17) is 0 Å². The Bertz CT molecular complexity index is 489. The predicted octanol–water partition coefficient (Wildman–Crippen LogP) is 3.13. The fraction of sp³-hybridized carbons (Fsp3) is 0.500. The van der Waals surface area contributed by atoms with Crippen molar-refractivity contribution in [2.45, 2.75) is 24.8 Å². The van der Waals surface area contributed by atoms with Crippen molar-refractivity contribution in [3.05, 3.63) is 20.8 Å². The average Bonchev–Trinajstić information content (AvgIpc) is 2.98. The van der Waals surface area contributed by atoms with E-state index in [2.05, 4.69) is 27.3 Å². The van der Waals surface area contributed by atoms with Gasteiger partial charge in [-0.2, -0.15) is 17.0 Å². The third kappa shape index (κ3) is 2.90. The molecule has 1 N–H and O–H groups in total. The van der Waals surface area contributed by atoms with Crippen molar-refractivity contribution in [2.75, 3.05) is 11.5 Å². The molecule has 0 aromatic carbocycles. The zero-order valence-electron chi connectivity index (χ0n) is 9.90. The summed E-state index contributed by atoms with van der Waals surface area (Å²) in [6.07, 6.45) is 0.737. The topological polar surface area (TPSA) is 52.9 Å². The number of nitrogens with zero attached hydrogens (tertiary/aromatic N) is 1. The van der Waals surface area contributed by atoms with E-state index in [-0.39, 0.29) is 11.8 Å². The number of hydrogen-bond acceptors (Lipinski definition) is 4. The lowest BCUT2D eigenvalue weighted by molar-refractivity contribution is -0.123. The van der Waals surface area contributed by atoms with Crippen LogP contribution in [-0.4, -0.2) is 23.0 Å². The Kier molecular flexibility index (Phi) is 4.36. The van der Waals surface area contributed by atoms with Crippen molar-refractivity contribution in [3.63, 3.8) is 0 Å². The zero-order valence-corrected chi connectivity index (χ0v) is 13.1. The van der Waals surface area contributed by atoms with Gasteiger partial charge in [-0.05, 0) is 47.2 Å². The van der Waals surface area contributed by atoms with Gasteiger partial charge in [0.1, 0.15) is 5.54 Å². The van der Waals surface area contributed by atoms with Gasteiger partial charge in [0.25, 0.3) is 0 Å². The molecule has 2 atom stereocenters. The van der Waals surface area contributed by atoms with Crippen LogP contribution < -0.4 is 5.32 Å². The van der Waals surface area contributed by atoms with Crippen molar-refractivity contribution in [1.82, 2.24) is 5.32 Å². The minimum Gasteiger partial charge on any atom is -0.337 e. The number of thioether (sulfide) groups is 1. The summed E-state index contributed by atoms with van der Waals surface area (Å²) in [5.74, 6) is 1.36. The van der Waals surface area contributed by atoms with Gasteiger partial charge in [0.2, 0.25) is 5.91 Å². The summed E-state index contributed by atoms with van der Waals surface area (Å²) in [4.78, 5) is 13.2. The second kappa shape index (κ2) is 5.64. The highest BCUT2D eigenvalue weighted by molar-refractivity contribution is 9.11. The van der Waals surface area contributed by atoms with E-state index in [1.54, 1.807) is 23.1 Å². The quantitative estimate of drug-likeness (QED) is 0.916. The van der Waals surface area contributed by atoms with Crippen molar-refractivity contribution in [1.29, 1.82) is 5.26 Å². The van der Waals surface area contributed by atoms with Crippen LogP contribution in [0.5, 0.6) is 0 Å². The van der Waals surface area contributed by atoms with E-state index >= 15 is 0 Å². The van der Waals surface area contributed by atoms with Crippen LogP contribution in [0, 0.1) is 11.3 Å². The van der Waals surface area contributed by atoms with Crippen LogP contribution in [0.2, 0.25) is 0 Å². The maximum Gasteiger partial charge on any atom is 0.229 e. The number of carbonyl (C=O) groups is 1. The van der Waals surface area contributed by atoms with Crippen LogP contribution in [0.15, 0.2) is 15.9 Å². The lowest BCUT2D eigenvalue weighted by atomic mass is 9.99. The van der Waals surface area contributed by atoms with Gasteiger partial charge < -0.3 is 5.32 Å². The molecule has 1 aliphatic rings. The molecule has 2 unspecified atom stereocenters. The molecule has 0 radical (unpaired) electrons. The van der Waals surface area contributed by atoms with E-state index in [0.29, 0.717) is 5.75 Å². The van der Waals surface area contributed by atoms with Gasteiger partial charge in [0, 0.05) is 10.6 Å². The molecule has 1 aromatic rings. The molecular weight excluding hydrogens is 332 g/mol. The summed E-state index contributed by atoms with van der Waals surface area (Å²) >= 11 is 6.67. The van der Waals surface area contributed by atoms with Crippen LogP contribution in [0.25, 0.3) is 0 Å². The minimum absolute atomic E-state index is 0.0617. The molecule has 1 aliphatic heterocycles. The Balaban J connectivity index is 2.06. The van der Waals surface area contributed by atoms with Crippen LogP contribution in [0.4, 0.5) is 0 Å². The Morgan fingerprint density at radius 1 is 1.67 bits per heavy atom. The average molecular weight is 345 g/mol. The summed E-state index contributed by atoms with van der Waals surface area (Å²) in [7, 11) is 0. The van der Waals surface area contributed by atoms with Crippen LogP contribution in [0.1, 0.15) is 24.1 Å². The largest absolute Gasteiger partial charge is 0.337 e. The molecule has 18 heavy (non-hydrogen) atoms. The fourth-order valence-electron chi connectivity index (χ4n) is 1.81. The molecule has 2 rings (SSSR count). The first-order chi connectivity index (χ1) is 8.56. The molecule has 3 nitrogen and oxygen atoms in total. The van der Waals surface area contributed by atoms with Gasteiger partial charge in [0.05, 0.1) is 15.8 Å². The molecular formula is C12H13BrN2OS2. The van der Waals surface area contributed by atoms with Crippen LogP contribution in [-0.2, 0) is 4.79 Å². The highest BCUT2D eigenvalue weighted by Gasteiger charge is 2.37. The SMILES string of the molecule is CC(C(=O)NC1(C#N)CCSC1)c1ccc(Br)s1. The minimum atomic E-state index is -0.662. The fourth-order valence-corrected chi connectivity index (χ4v) is 4.55. The Labute approximate surface area is 123 Å². The Morgan fingerprint density at radius 3 is 2.94 bits per heavy atom. The second-order valence-electron chi connectivity index (χ2n) is 4.35. The first kappa shape index (κ1) is 13.9. The van der Waals surface area contributed by atoms with Crippen LogP contribution >= 0.6 is 39.0 Å². The van der Waals surface area contributed by atoms with Gasteiger partial charge in [-0.3, -0.25) is 4.79 Å². The first-order valence-electron chi connectivity index (χ1n) is 5.62. The first-order valence-corrected chi connectivity index (χ1v) is 8.39. The molecule has 0 saturated carbocycles. The molecule has 0 bridgehead atoms. The number of halogens is 1. The van der Waals surface area contributed by atoms with Gasteiger partial charge in [-0.25, -0.2) is 0 Å². The van der Waals surface area contributed by atoms with Crippen LogP contribution in [0.3, 0.4) is 0 Å². The lowest BCUT2D eigenvalue weighted by Crippen LogP contribution is -2.48. The van der Waals surface area contributed by atoms with Crippen molar-refractivity contribution < 1.29 is 4.79 Å². The van der Waals surface area contributed by atoms with Crippen molar-refractivity contribution in [3.8, 4) is 6.07 Å². The molecule has 1 saturated heterocycles. The molecule has 1 amide bonds. The molecule has 0 spiro atoms. The number of rotatable bonds is 3. The summed E-state index contributed by atoms with van der Waals surface area (Å²) in [5, 5.41) is 12.2. The maximum absolute atomic E-state index is 12.2. The van der Waals surface area contributed by atoms with E-state index < -0.39 is 5.54 Å². The maximum atomic E-state index is 12.2. The number of amides is 1. The monoisotopic (exact) mass is 344 g/mol. The van der Waals surface area contributed by atoms with Gasteiger partial charge in [0.15, 0.2) is 0 Å². The summed E-state index contributed by atoms with van der Waals surface area (Å²) in [6, 6.07) is 6.15. The van der Waals surface area contributed by atoms with Crippen molar-refractivity contribution in [2.24, 2.45) is 0 Å². The summed E-state index contributed by atoms with van der Waals surface area (Å²) in [6.45, 7) is 1.88. The van der Waals surface area contributed by atoms with E-state index in [1.807, 2.05) is 19.1 Å². The highest BCUT2D eigenvalue weighted by Crippen LogP contribution is 2.31. The smallest absolute Gasteiger partial charge is 0.229 e. The third-order valence-electron chi connectivity index (χ3n) is 3.01.